The van der Waals surface area contributed by atoms with E-state index >= 15 is 0 Å². The van der Waals surface area contributed by atoms with Crippen LogP contribution in [-0.2, 0) is 5.54 Å². The molecule has 3 nitrogen and oxygen atoms in total. The van der Waals surface area contributed by atoms with E-state index < -0.39 is 17.2 Å². The molecule has 2 N–H and O–H groups in total. The molecule has 3 aromatic rings. The average molecular weight is 312 g/mol. The minimum atomic E-state index is -0.879. The largest absolute Gasteiger partial charge is 0.360 e. The number of aromatic nitrogens is 1. The molecule has 5 heteroatoms. The van der Waals surface area contributed by atoms with Gasteiger partial charge in [-0.05, 0) is 43.2 Å². The van der Waals surface area contributed by atoms with Crippen molar-refractivity contribution in [1.82, 2.24) is 10.3 Å². The first-order valence-electron chi connectivity index (χ1n) is 7.30. The summed E-state index contributed by atoms with van der Waals surface area (Å²) in [4.78, 5) is 14.9. The fourth-order valence-electron chi connectivity index (χ4n) is 3.20. The number of halogens is 2. The SMILES string of the molecule is CC1(C)NC(=O)c2ccc(-c3c[nH]c4cc(F)c(F)cc34)cc21. The zero-order valence-electron chi connectivity index (χ0n) is 12.6. The van der Waals surface area contributed by atoms with Crippen molar-refractivity contribution >= 4 is 16.8 Å². The molecule has 1 aromatic heterocycles. The second-order valence-electron chi connectivity index (χ2n) is 6.35. The van der Waals surface area contributed by atoms with Crippen molar-refractivity contribution in [3.05, 3.63) is 59.3 Å². The van der Waals surface area contributed by atoms with Crippen LogP contribution in [0, 0.1) is 11.6 Å². The monoisotopic (exact) mass is 312 g/mol. The summed E-state index contributed by atoms with van der Waals surface area (Å²) in [6, 6.07) is 7.86. The number of carbonyl (C=O) groups excluding carboxylic acids is 1. The van der Waals surface area contributed by atoms with Crippen molar-refractivity contribution in [2.45, 2.75) is 19.4 Å². The molecule has 4 rings (SSSR count). The van der Waals surface area contributed by atoms with Gasteiger partial charge in [-0.15, -0.1) is 0 Å². The lowest BCUT2D eigenvalue weighted by atomic mass is 9.91. The number of fused-ring (bicyclic) bond motifs is 2. The Morgan fingerprint density at radius 2 is 1.74 bits per heavy atom. The average Bonchev–Trinajstić information content (AvgIpc) is 2.98. The van der Waals surface area contributed by atoms with Crippen molar-refractivity contribution in [2.75, 3.05) is 0 Å². The standard InChI is InChI=1S/C18H14F2N2O/c1-18(2)13-5-9(3-4-10(13)17(23)22-18)12-8-21-16-7-15(20)14(19)6-11(12)16/h3-8,21H,1-2H3,(H,22,23). The van der Waals surface area contributed by atoms with Crippen molar-refractivity contribution in [3.63, 3.8) is 0 Å². The number of amides is 1. The van der Waals surface area contributed by atoms with Crippen LogP contribution in [0.3, 0.4) is 0 Å². The molecule has 23 heavy (non-hydrogen) atoms. The number of aromatic amines is 1. The highest BCUT2D eigenvalue weighted by Crippen LogP contribution is 2.36. The Labute approximate surface area is 131 Å². The van der Waals surface area contributed by atoms with E-state index in [0.29, 0.717) is 16.5 Å². The summed E-state index contributed by atoms with van der Waals surface area (Å²) in [5, 5.41) is 3.54. The third-order valence-corrected chi connectivity index (χ3v) is 4.40. The Bertz CT molecular complexity index is 973. The van der Waals surface area contributed by atoms with Gasteiger partial charge in [0.05, 0.1) is 5.54 Å². The summed E-state index contributed by atoms with van der Waals surface area (Å²) in [7, 11) is 0. The van der Waals surface area contributed by atoms with Gasteiger partial charge < -0.3 is 10.3 Å². The first-order chi connectivity index (χ1) is 10.9. The molecule has 2 heterocycles. The predicted molar refractivity (Wildman–Crippen MR) is 84.1 cm³/mol. The molecule has 1 amide bonds. The van der Waals surface area contributed by atoms with Gasteiger partial charge in [-0.1, -0.05) is 6.07 Å². The van der Waals surface area contributed by atoms with E-state index in [1.807, 2.05) is 26.0 Å². The van der Waals surface area contributed by atoms with Crippen molar-refractivity contribution in [3.8, 4) is 11.1 Å². The van der Waals surface area contributed by atoms with Gasteiger partial charge in [0, 0.05) is 34.3 Å². The molecule has 0 atom stereocenters. The predicted octanol–water partition coefficient (Wildman–Crippen LogP) is 4.09. The van der Waals surface area contributed by atoms with Crippen LogP contribution in [0.5, 0.6) is 0 Å². The lowest BCUT2D eigenvalue weighted by molar-refractivity contribution is 0.0940. The highest BCUT2D eigenvalue weighted by Gasteiger charge is 2.35. The molecule has 116 valence electrons. The summed E-state index contributed by atoms with van der Waals surface area (Å²) in [5.41, 5.74) is 3.26. The second-order valence-corrected chi connectivity index (χ2v) is 6.35. The lowest BCUT2D eigenvalue weighted by Gasteiger charge is -2.19. The van der Waals surface area contributed by atoms with Crippen LogP contribution in [0.2, 0.25) is 0 Å². The molecule has 0 bridgehead atoms. The molecule has 0 aliphatic carbocycles. The molecule has 0 radical (unpaired) electrons. The van der Waals surface area contributed by atoms with E-state index in [1.54, 1.807) is 12.3 Å². The Balaban J connectivity index is 1.93. The van der Waals surface area contributed by atoms with Gasteiger partial charge in [0.1, 0.15) is 0 Å². The van der Waals surface area contributed by atoms with Gasteiger partial charge in [-0.25, -0.2) is 8.78 Å². The fraction of sp³-hybridized carbons (Fsp3) is 0.167. The van der Waals surface area contributed by atoms with Crippen LogP contribution in [0.25, 0.3) is 22.0 Å². The van der Waals surface area contributed by atoms with Crippen LogP contribution >= 0.6 is 0 Å². The number of hydrogen-bond acceptors (Lipinski definition) is 1. The Kier molecular flexibility index (Phi) is 2.67. The quantitative estimate of drug-likeness (QED) is 0.698. The van der Waals surface area contributed by atoms with E-state index in [-0.39, 0.29) is 5.91 Å². The van der Waals surface area contributed by atoms with Gasteiger partial charge in [0.2, 0.25) is 0 Å². The molecule has 0 fully saturated rings. The molecule has 0 unspecified atom stereocenters. The Morgan fingerprint density at radius 1 is 1.00 bits per heavy atom. The maximum Gasteiger partial charge on any atom is 0.252 e. The van der Waals surface area contributed by atoms with Crippen LogP contribution in [0.4, 0.5) is 8.78 Å². The number of benzene rings is 2. The first kappa shape index (κ1) is 13.9. The first-order valence-corrected chi connectivity index (χ1v) is 7.30. The third-order valence-electron chi connectivity index (χ3n) is 4.40. The summed E-state index contributed by atoms with van der Waals surface area (Å²) >= 11 is 0. The highest BCUT2D eigenvalue weighted by molar-refractivity contribution is 6.02. The summed E-state index contributed by atoms with van der Waals surface area (Å²) in [5.74, 6) is -1.85. The van der Waals surface area contributed by atoms with Crippen molar-refractivity contribution < 1.29 is 13.6 Å². The number of rotatable bonds is 1. The molecular weight excluding hydrogens is 298 g/mol. The summed E-state index contributed by atoms with van der Waals surface area (Å²) in [6.07, 6.45) is 1.72. The number of nitrogens with one attached hydrogen (secondary N) is 2. The molecule has 1 aliphatic heterocycles. The van der Waals surface area contributed by atoms with Crippen molar-refractivity contribution in [1.29, 1.82) is 0 Å². The smallest absolute Gasteiger partial charge is 0.252 e. The molecule has 2 aromatic carbocycles. The Hall–Kier alpha value is -2.69. The Morgan fingerprint density at radius 3 is 2.52 bits per heavy atom. The van der Waals surface area contributed by atoms with Gasteiger partial charge in [-0.3, -0.25) is 4.79 Å². The number of carbonyl (C=O) groups is 1. The van der Waals surface area contributed by atoms with Crippen molar-refractivity contribution in [2.24, 2.45) is 0 Å². The number of hydrogen-bond donors (Lipinski definition) is 2. The van der Waals surface area contributed by atoms with Gasteiger partial charge >= 0.3 is 0 Å². The summed E-state index contributed by atoms with van der Waals surface area (Å²) in [6.45, 7) is 3.87. The van der Waals surface area contributed by atoms with E-state index in [4.69, 9.17) is 0 Å². The lowest BCUT2D eigenvalue weighted by Crippen LogP contribution is -2.32. The molecule has 0 spiro atoms. The topological polar surface area (TPSA) is 44.9 Å². The van der Waals surface area contributed by atoms with Crippen LogP contribution in [0.1, 0.15) is 29.8 Å². The van der Waals surface area contributed by atoms with E-state index in [2.05, 4.69) is 10.3 Å². The zero-order chi connectivity index (χ0) is 16.4. The zero-order valence-corrected chi connectivity index (χ0v) is 12.6. The molecular formula is C18H14F2N2O. The minimum Gasteiger partial charge on any atom is -0.360 e. The van der Waals surface area contributed by atoms with Crippen LogP contribution in [-0.4, -0.2) is 10.9 Å². The van der Waals surface area contributed by atoms with Gasteiger partial charge in [-0.2, -0.15) is 0 Å². The maximum atomic E-state index is 13.6. The highest BCUT2D eigenvalue weighted by atomic mass is 19.2. The van der Waals surface area contributed by atoms with E-state index in [1.165, 1.54) is 6.07 Å². The van der Waals surface area contributed by atoms with Gasteiger partial charge in [0.25, 0.3) is 5.91 Å². The van der Waals surface area contributed by atoms with Crippen LogP contribution < -0.4 is 5.32 Å². The second kappa shape index (κ2) is 4.41. The molecule has 1 aliphatic rings. The molecule has 0 saturated carbocycles. The van der Waals surface area contributed by atoms with E-state index in [9.17, 15) is 13.6 Å². The normalized spacial score (nSPS) is 15.7. The maximum absolute atomic E-state index is 13.6. The summed E-state index contributed by atoms with van der Waals surface area (Å²) < 4.78 is 26.9. The third kappa shape index (κ3) is 1.96. The van der Waals surface area contributed by atoms with Gasteiger partial charge in [0.15, 0.2) is 11.6 Å². The van der Waals surface area contributed by atoms with Crippen LogP contribution in [0.15, 0.2) is 36.5 Å². The molecule has 0 saturated heterocycles. The van der Waals surface area contributed by atoms with E-state index in [0.717, 1.165) is 22.8 Å². The minimum absolute atomic E-state index is 0.0939. The fourth-order valence-corrected chi connectivity index (χ4v) is 3.20. The number of H-pyrrole nitrogens is 1.